The van der Waals surface area contributed by atoms with Crippen molar-refractivity contribution < 1.29 is 19.1 Å². The Bertz CT molecular complexity index is 758. The molecular formula is C20H25N3O4S. The Hall–Kier alpha value is -2.06. The summed E-state index contributed by atoms with van der Waals surface area (Å²) >= 11 is 1.30. The first-order valence-electron chi connectivity index (χ1n) is 9.86. The summed E-state index contributed by atoms with van der Waals surface area (Å²) in [5.41, 5.74) is 0.753. The van der Waals surface area contributed by atoms with Gasteiger partial charge in [0.1, 0.15) is 0 Å². The molecule has 3 aliphatic rings. The zero-order valence-electron chi connectivity index (χ0n) is 15.7. The number of fused-ring (bicyclic) bond motifs is 1. The summed E-state index contributed by atoms with van der Waals surface area (Å²) in [6.45, 7) is 2.35. The van der Waals surface area contributed by atoms with Gasteiger partial charge in [-0.3, -0.25) is 14.4 Å². The first kappa shape index (κ1) is 19.3. The summed E-state index contributed by atoms with van der Waals surface area (Å²) in [5.74, 6) is -0.485. The van der Waals surface area contributed by atoms with Gasteiger partial charge in [-0.1, -0.05) is 12.1 Å². The minimum Gasteiger partial charge on any atom is -0.376 e. The van der Waals surface area contributed by atoms with Crippen LogP contribution in [-0.4, -0.2) is 60.2 Å². The monoisotopic (exact) mass is 403 g/mol. The third kappa shape index (κ3) is 4.17. The van der Waals surface area contributed by atoms with Crippen LogP contribution in [0, 0.1) is 5.92 Å². The van der Waals surface area contributed by atoms with E-state index in [9.17, 15) is 14.4 Å². The Kier molecular flexibility index (Phi) is 5.87. The third-order valence-corrected chi connectivity index (χ3v) is 6.82. The van der Waals surface area contributed by atoms with Crippen LogP contribution in [-0.2, 0) is 19.1 Å². The average Bonchev–Trinajstić information content (AvgIpc) is 3.25. The van der Waals surface area contributed by atoms with E-state index in [0.29, 0.717) is 32.5 Å². The Morgan fingerprint density at radius 2 is 2.00 bits per heavy atom. The van der Waals surface area contributed by atoms with E-state index in [1.54, 1.807) is 4.90 Å². The smallest absolute Gasteiger partial charge is 0.247 e. The van der Waals surface area contributed by atoms with Crippen molar-refractivity contribution >= 4 is 35.2 Å². The molecule has 1 aromatic rings. The predicted octanol–water partition coefficient (Wildman–Crippen LogP) is 1.63. The number of rotatable bonds is 4. The highest BCUT2D eigenvalue weighted by Gasteiger charge is 2.37. The Labute approximate surface area is 168 Å². The normalized spacial score (nSPS) is 25.1. The SMILES string of the molecule is O=C(NC[C@H]1CCCO1)C1CCN(C(=O)[C@@H]2Sc3ccccc3NC2=O)CC1. The molecule has 7 nitrogen and oxygen atoms in total. The molecule has 4 rings (SSSR count). The highest BCUT2D eigenvalue weighted by atomic mass is 32.2. The van der Waals surface area contributed by atoms with Crippen LogP contribution in [0.1, 0.15) is 25.7 Å². The lowest BCUT2D eigenvalue weighted by molar-refractivity contribution is -0.137. The van der Waals surface area contributed by atoms with Crippen LogP contribution >= 0.6 is 11.8 Å². The fourth-order valence-electron chi connectivity index (χ4n) is 3.91. The van der Waals surface area contributed by atoms with Crippen molar-refractivity contribution in [3.63, 3.8) is 0 Å². The maximum Gasteiger partial charge on any atom is 0.247 e. The Morgan fingerprint density at radius 3 is 2.75 bits per heavy atom. The highest BCUT2D eigenvalue weighted by Crippen LogP contribution is 2.36. The molecule has 2 N–H and O–H groups in total. The highest BCUT2D eigenvalue weighted by molar-refractivity contribution is 8.01. The van der Waals surface area contributed by atoms with Gasteiger partial charge < -0.3 is 20.3 Å². The van der Waals surface area contributed by atoms with Gasteiger partial charge in [-0.05, 0) is 37.8 Å². The molecule has 0 saturated carbocycles. The number of hydrogen-bond acceptors (Lipinski definition) is 5. The summed E-state index contributed by atoms with van der Waals surface area (Å²) in [4.78, 5) is 40.3. The van der Waals surface area contributed by atoms with Crippen LogP contribution in [0.2, 0.25) is 0 Å². The van der Waals surface area contributed by atoms with Crippen LogP contribution in [0.25, 0.3) is 0 Å². The van der Waals surface area contributed by atoms with Gasteiger partial charge in [-0.15, -0.1) is 11.8 Å². The van der Waals surface area contributed by atoms with Gasteiger partial charge in [0.15, 0.2) is 5.25 Å². The lowest BCUT2D eigenvalue weighted by Gasteiger charge is -2.34. The number of nitrogens with one attached hydrogen (secondary N) is 2. The van der Waals surface area contributed by atoms with Crippen LogP contribution in [0.15, 0.2) is 29.2 Å². The lowest BCUT2D eigenvalue weighted by atomic mass is 9.95. The number of carbonyl (C=O) groups is 3. The van der Waals surface area contributed by atoms with Crippen molar-refractivity contribution in [1.82, 2.24) is 10.2 Å². The van der Waals surface area contributed by atoms with E-state index in [-0.39, 0.29) is 29.7 Å². The second-order valence-electron chi connectivity index (χ2n) is 7.46. The van der Waals surface area contributed by atoms with E-state index >= 15 is 0 Å². The molecule has 28 heavy (non-hydrogen) atoms. The van der Waals surface area contributed by atoms with Crippen molar-refractivity contribution in [2.45, 2.75) is 41.9 Å². The van der Waals surface area contributed by atoms with Crippen molar-refractivity contribution in [2.24, 2.45) is 5.92 Å². The second-order valence-corrected chi connectivity index (χ2v) is 8.61. The number of benzene rings is 1. The molecule has 0 bridgehead atoms. The molecular weight excluding hydrogens is 378 g/mol. The first-order chi connectivity index (χ1) is 13.6. The largest absolute Gasteiger partial charge is 0.376 e. The van der Waals surface area contributed by atoms with Crippen molar-refractivity contribution in [3.8, 4) is 0 Å². The lowest BCUT2D eigenvalue weighted by Crippen LogP contribution is -2.49. The fourth-order valence-corrected chi connectivity index (χ4v) is 4.98. The summed E-state index contributed by atoms with van der Waals surface area (Å²) in [5, 5.41) is 5.04. The zero-order chi connectivity index (χ0) is 19.5. The van der Waals surface area contributed by atoms with E-state index in [1.807, 2.05) is 24.3 Å². The molecule has 2 atom stereocenters. The Balaban J connectivity index is 1.28. The number of piperidine rings is 1. The topological polar surface area (TPSA) is 87.7 Å². The van der Waals surface area contributed by atoms with Crippen LogP contribution in [0.5, 0.6) is 0 Å². The number of likely N-dealkylation sites (tertiary alicyclic amines) is 1. The summed E-state index contributed by atoms with van der Waals surface area (Å²) in [6.07, 6.45) is 3.43. The molecule has 0 aromatic heterocycles. The van der Waals surface area contributed by atoms with E-state index in [0.717, 1.165) is 30.0 Å². The minimum absolute atomic E-state index is 0.0429. The Morgan fingerprint density at radius 1 is 1.21 bits per heavy atom. The molecule has 2 saturated heterocycles. The summed E-state index contributed by atoms with van der Waals surface area (Å²) < 4.78 is 5.53. The maximum atomic E-state index is 12.9. The number of ether oxygens (including phenoxy) is 1. The summed E-state index contributed by atoms with van der Waals surface area (Å²) in [6, 6.07) is 7.49. The van der Waals surface area contributed by atoms with Crippen molar-refractivity contribution in [2.75, 3.05) is 31.6 Å². The van der Waals surface area contributed by atoms with E-state index in [4.69, 9.17) is 4.74 Å². The number of anilines is 1. The third-order valence-electron chi connectivity index (χ3n) is 5.56. The molecule has 2 fully saturated rings. The van der Waals surface area contributed by atoms with E-state index < -0.39 is 5.25 Å². The number of para-hydroxylation sites is 1. The molecule has 3 aliphatic heterocycles. The van der Waals surface area contributed by atoms with Crippen molar-refractivity contribution in [3.05, 3.63) is 24.3 Å². The molecule has 0 aliphatic carbocycles. The molecule has 0 spiro atoms. The van der Waals surface area contributed by atoms with Gasteiger partial charge in [0.05, 0.1) is 11.8 Å². The first-order valence-corrected chi connectivity index (χ1v) is 10.7. The molecule has 1 aromatic carbocycles. The van der Waals surface area contributed by atoms with Crippen LogP contribution < -0.4 is 10.6 Å². The number of hydrogen-bond donors (Lipinski definition) is 2. The fraction of sp³-hybridized carbons (Fsp3) is 0.550. The van der Waals surface area contributed by atoms with Crippen LogP contribution in [0.3, 0.4) is 0 Å². The molecule has 0 unspecified atom stereocenters. The van der Waals surface area contributed by atoms with Gasteiger partial charge >= 0.3 is 0 Å². The van der Waals surface area contributed by atoms with Gasteiger partial charge in [0, 0.05) is 37.1 Å². The number of carbonyl (C=O) groups excluding carboxylic acids is 3. The minimum atomic E-state index is -0.764. The maximum absolute atomic E-state index is 12.9. The number of thioether (sulfide) groups is 1. The predicted molar refractivity (Wildman–Crippen MR) is 106 cm³/mol. The van der Waals surface area contributed by atoms with Gasteiger partial charge in [0.25, 0.3) is 0 Å². The summed E-state index contributed by atoms with van der Waals surface area (Å²) in [7, 11) is 0. The van der Waals surface area contributed by atoms with E-state index in [1.165, 1.54) is 11.8 Å². The average molecular weight is 404 g/mol. The number of amides is 3. The molecule has 0 radical (unpaired) electrons. The molecule has 3 heterocycles. The van der Waals surface area contributed by atoms with Crippen molar-refractivity contribution in [1.29, 1.82) is 0 Å². The van der Waals surface area contributed by atoms with Gasteiger partial charge in [0.2, 0.25) is 17.7 Å². The van der Waals surface area contributed by atoms with Crippen LogP contribution in [0.4, 0.5) is 5.69 Å². The zero-order valence-corrected chi connectivity index (χ0v) is 16.5. The number of nitrogens with zero attached hydrogens (tertiary/aromatic N) is 1. The molecule has 3 amide bonds. The molecule has 150 valence electrons. The quantitative estimate of drug-likeness (QED) is 0.746. The van der Waals surface area contributed by atoms with Gasteiger partial charge in [-0.2, -0.15) is 0 Å². The second kappa shape index (κ2) is 8.53. The molecule has 8 heteroatoms. The van der Waals surface area contributed by atoms with Gasteiger partial charge in [-0.25, -0.2) is 0 Å². The standard InChI is InChI=1S/C20H25N3O4S/c24-18(21-12-14-4-3-11-27-14)13-7-9-23(10-8-13)20(26)17-19(25)22-15-5-1-2-6-16(15)28-17/h1-2,5-6,13-14,17H,3-4,7-12H2,(H,21,24)(H,22,25)/t14-,17-/m1/s1. The van der Waals surface area contributed by atoms with E-state index in [2.05, 4.69) is 10.6 Å².